The largest absolute Gasteiger partial charge is 0.192 e. The SMILES string of the molecule is CCCCCCCCCCCCC1CC(=C(C#N)C#N)CCC1=C(C#N)C#N. The number of nitrogens with zero attached hydrogens (tertiary/aromatic N) is 4. The number of nitriles is 4. The van der Waals surface area contributed by atoms with Crippen LogP contribution in [0.4, 0.5) is 0 Å². The zero-order valence-corrected chi connectivity index (χ0v) is 17.3. The first-order valence-corrected chi connectivity index (χ1v) is 10.8. The van der Waals surface area contributed by atoms with Crippen molar-refractivity contribution in [2.45, 2.75) is 96.8 Å². The van der Waals surface area contributed by atoms with Crippen LogP contribution in [0, 0.1) is 51.2 Å². The summed E-state index contributed by atoms with van der Waals surface area (Å²) in [6.45, 7) is 2.24. The molecule has 0 saturated heterocycles. The van der Waals surface area contributed by atoms with Crippen molar-refractivity contribution in [2.75, 3.05) is 0 Å². The van der Waals surface area contributed by atoms with E-state index in [0.717, 1.165) is 30.4 Å². The molecule has 0 heterocycles. The zero-order chi connectivity index (χ0) is 20.6. The van der Waals surface area contributed by atoms with Gasteiger partial charge in [-0.05, 0) is 42.7 Å². The number of hydrogen-bond acceptors (Lipinski definition) is 4. The Morgan fingerprint density at radius 2 is 1.21 bits per heavy atom. The molecule has 0 aliphatic heterocycles. The van der Waals surface area contributed by atoms with Gasteiger partial charge in [0.25, 0.3) is 0 Å². The molecule has 28 heavy (non-hydrogen) atoms. The van der Waals surface area contributed by atoms with Gasteiger partial charge in [0.15, 0.2) is 0 Å². The Morgan fingerprint density at radius 3 is 1.71 bits per heavy atom. The topological polar surface area (TPSA) is 95.2 Å². The van der Waals surface area contributed by atoms with Crippen molar-refractivity contribution in [1.82, 2.24) is 0 Å². The minimum Gasteiger partial charge on any atom is -0.192 e. The maximum Gasteiger partial charge on any atom is 0.129 e. The molecular formula is C24H32N4. The first-order chi connectivity index (χ1) is 13.7. The second-order valence-corrected chi connectivity index (χ2v) is 7.70. The van der Waals surface area contributed by atoms with Crippen LogP contribution in [-0.4, -0.2) is 0 Å². The van der Waals surface area contributed by atoms with Gasteiger partial charge < -0.3 is 0 Å². The van der Waals surface area contributed by atoms with Crippen molar-refractivity contribution in [1.29, 1.82) is 21.0 Å². The van der Waals surface area contributed by atoms with Crippen molar-refractivity contribution < 1.29 is 0 Å². The van der Waals surface area contributed by atoms with Gasteiger partial charge in [0.1, 0.15) is 35.4 Å². The van der Waals surface area contributed by atoms with E-state index in [-0.39, 0.29) is 17.1 Å². The van der Waals surface area contributed by atoms with Gasteiger partial charge >= 0.3 is 0 Å². The Kier molecular flexibility index (Phi) is 12.2. The first-order valence-electron chi connectivity index (χ1n) is 10.8. The van der Waals surface area contributed by atoms with Gasteiger partial charge in [0, 0.05) is 0 Å². The molecule has 1 aliphatic rings. The molecule has 1 fully saturated rings. The van der Waals surface area contributed by atoms with Crippen molar-refractivity contribution in [2.24, 2.45) is 5.92 Å². The summed E-state index contributed by atoms with van der Waals surface area (Å²) >= 11 is 0. The van der Waals surface area contributed by atoms with Crippen LogP contribution in [0.15, 0.2) is 22.3 Å². The molecule has 0 N–H and O–H groups in total. The Bertz CT molecular complexity index is 684. The van der Waals surface area contributed by atoms with Crippen LogP contribution in [-0.2, 0) is 0 Å². The van der Waals surface area contributed by atoms with E-state index in [1.807, 2.05) is 24.3 Å². The average Bonchev–Trinajstić information content (AvgIpc) is 2.72. The number of rotatable bonds is 11. The Hall–Kier alpha value is -2.56. The van der Waals surface area contributed by atoms with E-state index in [9.17, 15) is 10.5 Å². The highest BCUT2D eigenvalue weighted by molar-refractivity contribution is 5.46. The summed E-state index contributed by atoms with van der Waals surface area (Å²) < 4.78 is 0. The van der Waals surface area contributed by atoms with Crippen LogP contribution in [0.1, 0.15) is 96.8 Å². The number of hydrogen-bond donors (Lipinski definition) is 0. The lowest BCUT2D eigenvalue weighted by Crippen LogP contribution is -2.15. The summed E-state index contributed by atoms with van der Waals surface area (Å²) in [6.07, 6.45) is 15.5. The summed E-state index contributed by atoms with van der Waals surface area (Å²) in [5.74, 6) is 0.115. The fourth-order valence-corrected chi connectivity index (χ4v) is 4.07. The molecule has 0 amide bonds. The molecule has 1 unspecified atom stereocenters. The van der Waals surface area contributed by atoms with Gasteiger partial charge in [0.05, 0.1) is 0 Å². The molecule has 0 aromatic rings. The third-order valence-electron chi connectivity index (χ3n) is 5.71. The molecule has 0 bridgehead atoms. The van der Waals surface area contributed by atoms with Crippen LogP contribution < -0.4 is 0 Å². The third-order valence-corrected chi connectivity index (χ3v) is 5.71. The fourth-order valence-electron chi connectivity index (χ4n) is 4.07. The minimum absolute atomic E-state index is 0.115. The van der Waals surface area contributed by atoms with Gasteiger partial charge in [-0.15, -0.1) is 0 Å². The van der Waals surface area contributed by atoms with Crippen LogP contribution >= 0.6 is 0 Å². The van der Waals surface area contributed by atoms with Crippen molar-refractivity contribution >= 4 is 0 Å². The predicted octanol–water partition coefficient (Wildman–Crippen LogP) is 6.79. The smallest absolute Gasteiger partial charge is 0.129 e. The Morgan fingerprint density at radius 1 is 0.714 bits per heavy atom. The monoisotopic (exact) mass is 376 g/mol. The van der Waals surface area contributed by atoms with E-state index >= 15 is 0 Å². The fraction of sp³-hybridized carbons (Fsp3) is 0.667. The highest BCUT2D eigenvalue weighted by atomic mass is 14.4. The quantitative estimate of drug-likeness (QED) is 0.293. The molecule has 1 atom stereocenters. The first kappa shape index (κ1) is 23.5. The lowest BCUT2D eigenvalue weighted by Gasteiger charge is -2.27. The maximum atomic E-state index is 9.26. The van der Waals surface area contributed by atoms with Gasteiger partial charge in [-0.2, -0.15) is 21.0 Å². The summed E-state index contributed by atoms with van der Waals surface area (Å²) in [5, 5.41) is 36.8. The second-order valence-electron chi connectivity index (χ2n) is 7.70. The highest BCUT2D eigenvalue weighted by Crippen LogP contribution is 2.39. The van der Waals surface area contributed by atoms with Gasteiger partial charge in [-0.1, -0.05) is 71.1 Å². The molecule has 1 saturated carbocycles. The highest BCUT2D eigenvalue weighted by Gasteiger charge is 2.26. The van der Waals surface area contributed by atoms with E-state index in [1.165, 1.54) is 51.4 Å². The van der Waals surface area contributed by atoms with Crippen molar-refractivity contribution in [3.63, 3.8) is 0 Å². The van der Waals surface area contributed by atoms with Gasteiger partial charge in [0.2, 0.25) is 0 Å². The van der Waals surface area contributed by atoms with E-state index in [0.29, 0.717) is 19.3 Å². The van der Waals surface area contributed by atoms with E-state index in [4.69, 9.17) is 10.5 Å². The van der Waals surface area contributed by atoms with Crippen LogP contribution in [0.3, 0.4) is 0 Å². The summed E-state index contributed by atoms with van der Waals surface area (Å²) in [4.78, 5) is 0. The van der Waals surface area contributed by atoms with Crippen molar-refractivity contribution in [3.8, 4) is 24.3 Å². The second kappa shape index (κ2) is 14.5. The lowest BCUT2D eigenvalue weighted by molar-refractivity contribution is 0.456. The summed E-state index contributed by atoms with van der Waals surface area (Å²) in [7, 11) is 0. The molecular weight excluding hydrogens is 344 g/mol. The van der Waals surface area contributed by atoms with Crippen LogP contribution in [0.5, 0.6) is 0 Å². The lowest BCUT2D eigenvalue weighted by atomic mass is 9.75. The predicted molar refractivity (Wildman–Crippen MR) is 110 cm³/mol. The van der Waals surface area contributed by atoms with Crippen molar-refractivity contribution in [3.05, 3.63) is 22.3 Å². The summed E-state index contributed by atoms with van der Waals surface area (Å²) in [6, 6.07) is 8.06. The minimum atomic E-state index is 0.115. The summed E-state index contributed by atoms with van der Waals surface area (Å²) in [5.41, 5.74) is 2.26. The van der Waals surface area contributed by atoms with Gasteiger partial charge in [-0.3, -0.25) is 0 Å². The average molecular weight is 377 g/mol. The molecule has 0 aromatic carbocycles. The molecule has 0 spiro atoms. The molecule has 4 nitrogen and oxygen atoms in total. The molecule has 0 aromatic heterocycles. The van der Waals surface area contributed by atoms with Gasteiger partial charge in [-0.25, -0.2) is 0 Å². The molecule has 148 valence electrons. The van der Waals surface area contributed by atoms with Crippen LogP contribution in [0.2, 0.25) is 0 Å². The molecule has 0 radical (unpaired) electrons. The maximum absolute atomic E-state index is 9.26. The Labute approximate surface area is 170 Å². The number of unbranched alkanes of at least 4 members (excludes halogenated alkanes) is 9. The normalized spacial score (nSPS) is 15.8. The standard InChI is InChI=1S/C24H32N4/c1-2-3-4-5-6-7-8-9-10-11-12-21-15-20(22(16-25)17-26)13-14-24(21)23(18-27)19-28/h21H,2-15H2,1H3. The number of allylic oxidation sites excluding steroid dienone is 4. The molecule has 1 aliphatic carbocycles. The Balaban J connectivity index is 2.52. The zero-order valence-electron chi connectivity index (χ0n) is 17.3. The van der Waals surface area contributed by atoms with Crippen LogP contribution in [0.25, 0.3) is 0 Å². The van der Waals surface area contributed by atoms with E-state index < -0.39 is 0 Å². The van der Waals surface area contributed by atoms with E-state index in [2.05, 4.69) is 6.92 Å². The molecule has 1 rings (SSSR count). The van der Waals surface area contributed by atoms with E-state index in [1.54, 1.807) is 0 Å². The third kappa shape index (κ3) is 7.99. The molecule has 4 heteroatoms.